The third-order valence-corrected chi connectivity index (χ3v) is 4.58. The van der Waals surface area contributed by atoms with Crippen LogP contribution in [0.4, 0.5) is 13.2 Å². The SMILES string of the molecule is CC1CN(CC(O)CNC(=O)c2c(Cl)cc(Cl)cc2Cl)CCO1.O=C(O)C(F)(F)F. The molecule has 3 N–H and O–H groups in total. The zero-order valence-electron chi connectivity index (χ0n) is 15.7. The van der Waals surface area contributed by atoms with Gasteiger partial charge in [0.05, 0.1) is 34.4 Å². The van der Waals surface area contributed by atoms with Gasteiger partial charge in [0, 0.05) is 31.2 Å². The van der Waals surface area contributed by atoms with Crippen molar-refractivity contribution >= 4 is 46.7 Å². The molecule has 0 bridgehead atoms. The van der Waals surface area contributed by atoms with Crippen LogP contribution < -0.4 is 5.32 Å². The maximum Gasteiger partial charge on any atom is 0.490 e. The minimum atomic E-state index is -5.08. The molecule has 170 valence electrons. The summed E-state index contributed by atoms with van der Waals surface area (Å²) in [6, 6.07) is 2.91. The molecule has 1 fully saturated rings. The molecule has 1 amide bonds. The third kappa shape index (κ3) is 9.23. The fourth-order valence-electron chi connectivity index (χ4n) is 2.48. The number of ether oxygens (including phenoxy) is 1. The van der Waals surface area contributed by atoms with Crippen molar-refractivity contribution in [2.24, 2.45) is 0 Å². The Kier molecular flexibility index (Phi) is 10.6. The van der Waals surface area contributed by atoms with Gasteiger partial charge >= 0.3 is 12.1 Å². The van der Waals surface area contributed by atoms with Crippen LogP contribution in [0, 0.1) is 0 Å². The summed E-state index contributed by atoms with van der Waals surface area (Å²) < 4.78 is 37.2. The Morgan fingerprint density at radius 3 is 2.30 bits per heavy atom. The third-order valence-electron chi connectivity index (χ3n) is 3.77. The number of carbonyl (C=O) groups excluding carboxylic acids is 1. The van der Waals surface area contributed by atoms with E-state index in [0.717, 1.165) is 13.1 Å². The average molecular weight is 496 g/mol. The molecule has 1 aliphatic heterocycles. The number of aliphatic carboxylic acids is 1. The number of β-amino-alcohol motifs (C(OH)–C–C–N with tert-alkyl or cyclic N) is 1. The van der Waals surface area contributed by atoms with Gasteiger partial charge in [-0.3, -0.25) is 9.69 Å². The van der Waals surface area contributed by atoms with Crippen molar-refractivity contribution in [2.75, 3.05) is 32.8 Å². The van der Waals surface area contributed by atoms with E-state index in [1.165, 1.54) is 12.1 Å². The number of nitrogens with zero attached hydrogens (tertiary/aromatic N) is 1. The molecule has 1 aliphatic rings. The standard InChI is InChI=1S/C15H19Cl3N2O3.C2HF3O2/c1-9-7-20(2-3-23-9)8-11(21)6-19-15(22)14-12(17)4-10(16)5-13(14)18;3-2(4,5)1(6)7/h4-5,9,11,21H,2-3,6-8H2,1H3,(H,19,22);(H,6,7). The van der Waals surface area contributed by atoms with Gasteiger partial charge < -0.3 is 20.3 Å². The van der Waals surface area contributed by atoms with E-state index < -0.39 is 24.2 Å². The second-order valence-electron chi connectivity index (χ2n) is 6.35. The first-order chi connectivity index (χ1) is 13.8. The van der Waals surface area contributed by atoms with Gasteiger partial charge in [-0.15, -0.1) is 0 Å². The second kappa shape index (κ2) is 11.9. The summed E-state index contributed by atoms with van der Waals surface area (Å²) in [6.45, 7) is 4.75. The highest BCUT2D eigenvalue weighted by molar-refractivity contribution is 6.42. The van der Waals surface area contributed by atoms with Crippen LogP contribution in [0.15, 0.2) is 12.1 Å². The highest BCUT2D eigenvalue weighted by Crippen LogP contribution is 2.28. The molecule has 0 spiro atoms. The van der Waals surface area contributed by atoms with Crippen molar-refractivity contribution in [3.63, 3.8) is 0 Å². The van der Waals surface area contributed by atoms with E-state index in [9.17, 15) is 23.1 Å². The summed E-state index contributed by atoms with van der Waals surface area (Å²) in [6.07, 6.45) is -5.62. The fourth-order valence-corrected chi connectivity index (χ4v) is 3.47. The molecule has 0 radical (unpaired) electrons. The minimum absolute atomic E-state index is 0.111. The second-order valence-corrected chi connectivity index (χ2v) is 7.60. The summed E-state index contributed by atoms with van der Waals surface area (Å²) in [5.74, 6) is -3.20. The summed E-state index contributed by atoms with van der Waals surface area (Å²) in [7, 11) is 0. The van der Waals surface area contributed by atoms with E-state index in [1.807, 2.05) is 6.92 Å². The molecule has 0 aromatic heterocycles. The maximum absolute atomic E-state index is 12.2. The van der Waals surface area contributed by atoms with Gasteiger partial charge in [-0.2, -0.15) is 13.2 Å². The van der Waals surface area contributed by atoms with Gasteiger partial charge in [0.2, 0.25) is 0 Å². The number of nitrogens with one attached hydrogen (secondary N) is 1. The number of benzene rings is 1. The number of halogens is 6. The lowest BCUT2D eigenvalue weighted by Gasteiger charge is -2.32. The molecule has 30 heavy (non-hydrogen) atoms. The summed E-state index contributed by atoms with van der Waals surface area (Å²) in [5.41, 5.74) is 0.157. The van der Waals surface area contributed by atoms with Crippen molar-refractivity contribution in [3.05, 3.63) is 32.8 Å². The molecule has 1 aromatic rings. The molecule has 2 atom stereocenters. The first-order valence-electron chi connectivity index (χ1n) is 8.56. The summed E-state index contributed by atoms with van der Waals surface area (Å²) >= 11 is 17.8. The van der Waals surface area contributed by atoms with Crippen LogP contribution in [0.5, 0.6) is 0 Å². The first kappa shape index (κ1) is 26.7. The number of carboxylic acids is 1. The van der Waals surface area contributed by atoms with Crippen molar-refractivity contribution in [3.8, 4) is 0 Å². The van der Waals surface area contributed by atoms with Crippen molar-refractivity contribution < 1.29 is 37.7 Å². The van der Waals surface area contributed by atoms with E-state index in [2.05, 4.69) is 10.2 Å². The molecular formula is C17H20Cl3F3N2O5. The fraction of sp³-hybridized carbons (Fsp3) is 0.529. The van der Waals surface area contributed by atoms with Gasteiger partial charge in [0.1, 0.15) is 0 Å². The van der Waals surface area contributed by atoms with E-state index in [-0.39, 0.29) is 28.3 Å². The largest absolute Gasteiger partial charge is 0.490 e. The van der Waals surface area contributed by atoms with E-state index in [0.29, 0.717) is 18.2 Å². The molecule has 1 aromatic carbocycles. The zero-order valence-corrected chi connectivity index (χ0v) is 17.9. The Bertz CT molecular complexity index is 729. The lowest BCUT2D eigenvalue weighted by Crippen LogP contribution is -2.47. The Labute approximate surface area is 185 Å². The lowest BCUT2D eigenvalue weighted by atomic mass is 10.2. The Hall–Kier alpha value is -1.30. The summed E-state index contributed by atoms with van der Waals surface area (Å²) in [5, 5.41) is 20.6. The number of aliphatic hydroxyl groups is 1. The molecule has 2 rings (SSSR count). The highest BCUT2D eigenvalue weighted by atomic mass is 35.5. The topological polar surface area (TPSA) is 99.1 Å². The zero-order chi connectivity index (χ0) is 23.1. The number of carbonyl (C=O) groups is 2. The number of hydrogen-bond acceptors (Lipinski definition) is 5. The number of aliphatic hydroxyl groups excluding tert-OH is 1. The van der Waals surface area contributed by atoms with Gasteiger partial charge in [-0.1, -0.05) is 34.8 Å². The highest BCUT2D eigenvalue weighted by Gasteiger charge is 2.38. The Morgan fingerprint density at radius 1 is 1.30 bits per heavy atom. The van der Waals surface area contributed by atoms with Crippen LogP contribution in [0.2, 0.25) is 15.1 Å². The number of carboxylic acid groups (broad SMARTS) is 1. The average Bonchev–Trinajstić information content (AvgIpc) is 2.58. The number of rotatable bonds is 5. The monoisotopic (exact) mass is 494 g/mol. The number of amides is 1. The lowest BCUT2D eigenvalue weighted by molar-refractivity contribution is -0.192. The predicted molar refractivity (Wildman–Crippen MR) is 105 cm³/mol. The molecule has 1 heterocycles. The van der Waals surface area contributed by atoms with Gasteiger partial charge in [0.15, 0.2) is 0 Å². The van der Waals surface area contributed by atoms with Crippen molar-refractivity contribution in [2.45, 2.75) is 25.3 Å². The molecule has 0 saturated carbocycles. The quantitative estimate of drug-likeness (QED) is 0.581. The number of morpholine rings is 1. The molecule has 1 saturated heterocycles. The van der Waals surface area contributed by atoms with Gasteiger partial charge in [0.25, 0.3) is 5.91 Å². The molecule has 13 heteroatoms. The van der Waals surface area contributed by atoms with E-state index >= 15 is 0 Å². The molecule has 7 nitrogen and oxygen atoms in total. The van der Waals surface area contributed by atoms with Crippen LogP contribution in [-0.2, 0) is 9.53 Å². The van der Waals surface area contributed by atoms with Crippen molar-refractivity contribution in [1.29, 1.82) is 0 Å². The van der Waals surface area contributed by atoms with Crippen LogP contribution >= 0.6 is 34.8 Å². The normalized spacial score (nSPS) is 18.2. The van der Waals surface area contributed by atoms with E-state index in [1.54, 1.807) is 0 Å². The van der Waals surface area contributed by atoms with Crippen LogP contribution in [0.1, 0.15) is 17.3 Å². The maximum atomic E-state index is 12.2. The predicted octanol–water partition coefficient (Wildman–Crippen LogP) is 3.09. The van der Waals surface area contributed by atoms with Crippen LogP contribution in [0.3, 0.4) is 0 Å². The minimum Gasteiger partial charge on any atom is -0.475 e. The molecule has 2 unspecified atom stereocenters. The molecular weight excluding hydrogens is 476 g/mol. The number of hydrogen-bond donors (Lipinski definition) is 3. The first-order valence-corrected chi connectivity index (χ1v) is 9.69. The van der Waals surface area contributed by atoms with E-state index in [4.69, 9.17) is 49.4 Å². The van der Waals surface area contributed by atoms with Gasteiger partial charge in [-0.05, 0) is 19.1 Å². The van der Waals surface area contributed by atoms with Crippen molar-refractivity contribution in [1.82, 2.24) is 10.2 Å². The Balaban J connectivity index is 0.000000553. The van der Waals surface area contributed by atoms with Crippen LogP contribution in [0.25, 0.3) is 0 Å². The van der Waals surface area contributed by atoms with Crippen LogP contribution in [-0.4, -0.2) is 78.2 Å². The Morgan fingerprint density at radius 2 is 1.83 bits per heavy atom. The number of alkyl halides is 3. The van der Waals surface area contributed by atoms with Gasteiger partial charge in [-0.25, -0.2) is 4.79 Å². The smallest absolute Gasteiger partial charge is 0.475 e. The summed E-state index contributed by atoms with van der Waals surface area (Å²) in [4.78, 5) is 23.2. The molecule has 0 aliphatic carbocycles.